The van der Waals surface area contributed by atoms with Crippen molar-refractivity contribution in [2.24, 2.45) is 0 Å². The third-order valence-electron chi connectivity index (χ3n) is 0. The van der Waals surface area contributed by atoms with Crippen LogP contribution >= 0.6 is 0 Å². The van der Waals surface area contributed by atoms with Crippen LogP contribution in [0.2, 0.25) is 0 Å². The number of rotatable bonds is 0. The second-order valence-electron chi connectivity index (χ2n) is 0. The Labute approximate surface area is 63.9 Å². The van der Waals surface area contributed by atoms with E-state index < -0.39 is 0 Å². The summed E-state index contributed by atoms with van der Waals surface area (Å²) in [5.41, 5.74) is 0. The van der Waals surface area contributed by atoms with Crippen molar-refractivity contribution >= 4 is 40.4 Å². The molecular weight excluding hydrogens is 122 g/mol. The largest absolute Gasteiger partial charge is 0.316 e. The first-order valence-corrected chi connectivity index (χ1v) is 0. The Morgan fingerprint density at radius 2 is 1.00 bits per heavy atom. The monoisotopic (exact) mass is 130 g/mol. The van der Waals surface area contributed by atoms with E-state index in [4.69, 9.17) is 0 Å². The molecule has 0 aliphatic heterocycles. The summed E-state index contributed by atoms with van der Waals surface area (Å²) < 4.78 is 0. The van der Waals surface area contributed by atoms with Crippen molar-refractivity contribution in [1.82, 2.24) is 0 Å². The van der Waals surface area contributed by atoms with Gasteiger partial charge >= 0.3 is 23.1 Å². The maximum Gasteiger partial charge on any atom is 0.316 e. The Bertz CT molecular complexity index is 8.00. The van der Waals surface area contributed by atoms with Crippen LogP contribution in [0.5, 0.6) is 0 Å². The molecule has 3 heteroatoms. The van der Waals surface area contributed by atoms with Gasteiger partial charge in [-0.05, 0) is 0 Å². The summed E-state index contributed by atoms with van der Waals surface area (Å²) in [6, 6.07) is 0. The first-order valence-electron chi connectivity index (χ1n) is 0. The van der Waals surface area contributed by atoms with Crippen LogP contribution in [0.4, 0.5) is 0 Å². The summed E-state index contributed by atoms with van der Waals surface area (Å²) >= 11 is 0. The Morgan fingerprint density at radius 3 is 1.00 bits per heavy atom. The van der Waals surface area contributed by atoms with Crippen molar-refractivity contribution in [1.29, 1.82) is 0 Å². The van der Waals surface area contributed by atoms with Crippen LogP contribution in [-0.2, 0) is 16.5 Å². The molecule has 0 unspecified atom stereocenters. The summed E-state index contributed by atoms with van der Waals surface area (Å²) in [6.07, 6.45) is 0. The molecule has 0 aromatic heterocycles. The normalized spacial score (nSPS) is 0. The van der Waals surface area contributed by atoms with Crippen LogP contribution in [0.15, 0.2) is 0 Å². The summed E-state index contributed by atoms with van der Waals surface area (Å²) in [5.74, 6) is 0. The van der Waals surface area contributed by atoms with Gasteiger partial charge < -0.3 is 0 Å². The van der Waals surface area contributed by atoms with E-state index in [0.717, 1.165) is 0 Å². The van der Waals surface area contributed by atoms with E-state index in [1.54, 1.807) is 0 Å². The summed E-state index contributed by atoms with van der Waals surface area (Å²) in [4.78, 5) is 0. The first kappa shape index (κ1) is 41.4. The van der Waals surface area contributed by atoms with Crippen molar-refractivity contribution in [3.63, 3.8) is 0 Å². The SMILES string of the molecule is C.[AlH3].[MgH2].[Ni]. The second-order valence-corrected chi connectivity index (χ2v) is 0. The Hall–Kier alpha value is 1.79. The molecule has 0 atom stereocenters. The zero-order chi connectivity index (χ0) is 0. The topological polar surface area (TPSA) is 0 Å². The minimum Gasteiger partial charge on any atom is -0.0776 e. The molecule has 0 heterocycles. The van der Waals surface area contributed by atoms with Gasteiger partial charge in [0.25, 0.3) is 0 Å². The van der Waals surface area contributed by atoms with Crippen LogP contribution < -0.4 is 0 Å². The van der Waals surface area contributed by atoms with E-state index in [1.807, 2.05) is 0 Å². The smallest absolute Gasteiger partial charge is 0.0776 e. The average molecular weight is 131 g/mol. The summed E-state index contributed by atoms with van der Waals surface area (Å²) in [7, 11) is 0. The van der Waals surface area contributed by atoms with Crippen LogP contribution in [0.25, 0.3) is 0 Å². The molecular formula is CH9AlMgNi. The maximum atomic E-state index is 0. The molecule has 0 N–H and O–H groups in total. The summed E-state index contributed by atoms with van der Waals surface area (Å²) in [6.45, 7) is 0. The first-order chi connectivity index (χ1) is 0. The molecule has 0 fully saturated rings. The fraction of sp³-hybridized carbons (Fsp3) is 1.00. The van der Waals surface area contributed by atoms with E-state index in [-0.39, 0.29) is 64.3 Å². The van der Waals surface area contributed by atoms with Gasteiger partial charge in [0, 0.05) is 16.5 Å². The maximum absolute atomic E-state index is 0. The molecule has 0 bridgehead atoms. The second kappa shape index (κ2) is 21.5. The molecule has 0 amide bonds. The van der Waals surface area contributed by atoms with Crippen molar-refractivity contribution in [2.45, 2.75) is 7.43 Å². The van der Waals surface area contributed by atoms with Crippen molar-refractivity contribution in [3.8, 4) is 0 Å². The molecule has 0 rings (SSSR count). The van der Waals surface area contributed by atoms with E-state index in [2.05, 4.69) is 0 Å². The molecule has 0 aliphatic carbocycles. The molecule has 4 heavy (non-hydrogen) atoms. The van der Waals surface area contributed by atoms with Crippen LogP contribution in [0, 0.1) is 0 Å². The Morgan fingerprint density at radius 1 is 1.00 bits per heavy atom. The molecule has 0 aromatic rings. The minimum absolute atomic E-state index is 0. The van der Waals surface area contributed by atoms with E-state index in [9.17, 15) is 0 Å². The quantitative estimate of drug-likeness (QED) is 0.352. The fourth-order valence-corrected chi connectivity index (χ4v) is 0. The molecule has 0 spiro atoms. The number of hydrogen-bond acceptors (Lipinski definition) is 0. The van der Waals surface area contributed by atoms with Gasteiger partial charge in [-0.1, -0.05) is 7.43 Å². The Kier molecular flexibility index (Phi) is 222. The standard InChI is InChI=1S/CH4.Al.Mg.Ni.5H/h1H4;;;;;;;;. The molecule has 0 aliphatic rings. The van der Waals surface area contributed by atoms with E-state index >= 15 is 0 Å². The zero-order valence-corrected chi connectivity index (χ0v) is 1.30. The van der Waals surface area contributed by atoms with E-state index in [0.29, 0.717) is 0 Å². The van der Waals surface area contributed by atoms with Crippen molar-refractivity contribution in [2.75, 3.05) is 0 Å². The predicted octanol–water partition coefficient (Wildman–Crippen LogP) is -1.47. The van der Waals surface area contributed by atoms with Crippen LogP contribution in [0.3, 0.4) is 0 Å². The van der Waals surface area contributed by atoms with Gasteiger partial charge in [-0.25, -0.2) is 0 Å². The minimum atomic E-state index is 0. The van der Waals surface area contributed by atoms with Gasteiger partial charge in [-0.3, -0.25) is 0 Å². The van der Waals surface area contributed by atoms with Crippen LogP contribution in [-0.4, -0.2) is 40.4 Å². The fourth-order valence-electron chi connectivity index (χ4n) is 0. The van der Waals surface area contributed by atoms with Crippen LogP contribution in [0.1, 0.15) is 7.43 Å². The Balaban J connectivity index is 0. The third kappa shape index (κ3) is 9.20. The molecule has 0 nitrogen and oxygen atoms in total. The molecule has 0 aromatic carbocycles. The molecule has 0 radical (unpaired) electrons. The predicted molar refractivity (Wildman–Crippen MR) is 25.2 cm³/mol. The van der Waals surface area contributed by atoms with Gasteiger partial charge in [-0.2, -0.15) is 0 Å². The van der Waals surface area contributed by atoms with Gasteiger partial charge in [-0.15, -0.1) is 0 Å². The number of hydrogen-bond donors (Lipinski definition) is 0. The van der Waals surface area contributed by atoms with Gasteiger partial charge in [0.05, 0.1) is 0 Å². The molecule has 0 saturated carbocycles. The average Bonchev–Trinajstić information content (AvgIpc) is 0. The van der Waals surface area contributed by atoms with Gasteiger partial charge in [0.2, 0.25) is 0 Å². The van der Waals surface area contributed by atoms with Crippen molar-refractivity contribution < 1.29 is 16.5 Å². The van der Waals surface area contributed by atoms with Gasteiger partial charge in [0.15, 0.2) is 17.4 Å². The zero-order valence-electron chi connectivity index (χ0n) is 0.316. The molecule has 0 saturated heterocycles. The van der Waals surface area contributed by atoms with Crippen molar-refractivity contribution in [3.05, 3.63) is 0 Å². The third-order valence-corrected chi connectivity index (χ3v) is 0. The van der Waals surface area contributed by atoms with Gasteiger partial charge in [0.1, 0.15) is 0 Å². The summed E-state index contributed by atoms with van der Waals surface area (Å²) in [5, 5.41) is 0. The van der Waals surface area contributed by atoms with E-state index in [1.165, 1.54) is 0 Å². The molecule has 28 valence electrons.